The van der Waals surface area contributed by atoms with Gasteiger partial charge >= 0.3 is 5.69 Å². The zero-order chi connectivity index (χ0) is 13.1. The van der Waals surface area contributed by atoms with Crippen LogP contribution in [-0.4, -0.2) is 38.2 Å². The molecule has 0 unspecified atom stereocenters. The molecule has 2 rings (SSSR count). The van der Waals surface area contributed by atoms with Crippen LogP contribution in [0.1, 0.15) is 0 Å². The molecule has 18 heavy (non-hydrogen) atoms. The molecular formula is C11H14FN3O3. The van der Waals surface area contributed by atoms with Gasteiger partial charge < -0.3 is 15.0 Å². The molecule has 1 N–H and O–H groups in total. The van der Waals surface area contributed by atoms with Crippen molar-refractivity contribution in [3.05, 3.63) is 28.1 Å². The van der Waals surface area contributed by atoms with E-state index in [0.29, 0.717) is 18.8 Å². The number of nitrogens with one attached hydrogen (secondary N) is 1. The Morgan fingerprint density at radius 1 is 1.44 bits per heavy atom. The Bertz CT molecular complexity index is 461. The molecule has 0 amide bonds. The van der Waals surface area contributed by atoms with Gasteiger partial charge in [-0.2, -0.15) is 0 Å². The zero-order valence-electron chi connectivity index (χ0n) is 9.98. The van der Waals surface area contributed by atoms with Crippen molar-refractivity contribution in [2.75, 3.05) is 38.2 Å². The molecule has 1 aromatic rings. The molecule has 0 aromatic heterocycles. The van der Waals surface area contributed by atoms with Crippen molar-refractivity contribution < 1.29 is 14.1 Å². The topological polar surface area (TPSA) is 67.6 Å². The Labute approximate surface area is 103 Å². The quantitative estimate of drug-likeness (QED) is 0.648. The van der Waals surface area contributed by atoms with Gasteiger partial charge in [0.25, 0.3) is 0 Å². The summed E-state index contributed by atoms with van der Waals surface area (Å²) >= 11 is 0. The number of ether oxygens (including phenoxy) is 1. The molecule has 0 spiro atoms. The Hall–Kier alpha value is -1.89. The van der Waals surface area contributed by atoms with Gasteiger partial charge in [-0.25, -0.2) is 4.39 Å². The second-order valence-corrected chi connectivity index (χ2v) is 3.95. The molecule has 1 aliphatic rings. The second kappa shape index (κ2) is 5.18. The van der Waals surface area contributed by atoms with E-state index in [0.717, 1.165) is 13.1 Å². The van der Waals surface area contributed by atoms with Gasteiger partial charge in [0, 0.05) is 32.2 Å². The lowest BCUT2D eigenvalue weighted by atomic mass is 10.2. The van der Waals surface area contributed by atoms with E-state index in [2.05, 4.69) is 5.32 Å². The van der Waals surface area contributed by atoms with Gasteiger partial charge in [-0.1, -0.05) is 0 Å². The van der Waals surface area contributed by atoms with E-state index < -0.39 is 10.7 Å². The van der Waals surface area contributed by atoms with E-state index in [4.69, 9.17) is 4.74 Å². The summed E-state index contributed by atoms with van der Waals surface area (Å²) in [7, 11) is 1.23. The van der Waals surface area contributed by atoms with E-state index in [1.165, 1.54) is 19.2 Å². The number of hydrogen-bond acceptors (Lipinski definition) is 5. The average molecular weight is 255 g/mol. The number of benzene rings is 1. The van der Waals surface area contributed by atoms with Crippen LogP contribution in [0.15, 0.2) is 12.1 Å². The van der Waals surface area contributed by atoms with Crippen LogP contribution >= 0.6 is 0 Å². The highest BCUT2D eigenvalue weighted by molar-refractivity contribution is 5.61. The molecular weight excluding hydrogens is 241 g/mol. The summed E-state index contributed by atoms with van der Waals surface area (Å²) in [6.07, 6.45) is 0. The van der Waals surface area contributed by atoms with Crippen LogP contribution in [0.3, 0.4) is 0 Å². The van der Waals surface area contributed by atoms with Crippen molar-refractivity contribution >= 4 is 11.4 Å². The Morgan fingerprint density at radius 3 is 2.67 bits per heavy atom. The molecule has 98 valence electrons. The summed E-state index contributed by atoms with van der Waals surface area (Å²) < 4.78 is 19.0. The summed E-state index contributed by atoms with van der Waals surface area (Å²) in [5, 5.41) is 13.9. The zero-order valence-corrected chi connectivity index (χ0v) is 9.98. The van der Waals surface area contributed by atoms with Gasteiger partial charge in [0.1, 0.15) is 0 Å². The van der Waals surface area contributed by atoms with Crippen molar-refractivity contribution in [3.8, 4) is 5.75 Å². The highest BCUT2D eigenvalue weighted by Gasteiger charge is 2.25. The molecule has 1 aromatic carbocycles. The number of anilines is 1. The van der Waals surface area contributed by atoms with E-state index in [9.17, 15) is 14.5 Å². The van der Waals surface area contributed by atoms with Crippen LogP contribution in [0.4, 0.5) is 15.8 Å². The third-order valence-electron chi connectivity index (χ3n) is 2.91. The van der Waals surface area contributed by atoms with E-state index in [1.807, 2.05) is 4.90 Å². The summed E-state index contributed by atoms with van der Waals surface area (Å²) in [4.78, 5) is 12.0. The highest BCUT2D eigenvalue weighted by atomic mass is 19.1. The van der Waals surface area contributed by atoms with Crippen LogP contribution in [0.5, 0.6) is 5.75 Å². The number of nitro groups is 1. The maximum Gasteiger partial charge on any atom is 0.314 e. The SMILES string of the molecule is COc1c([N+](=O)[O-])ccc(N2CCNCC2)c1F. The van der Waals surface area contributed by atoms with Crippen LogP contribution in [0.25, 0.3) is 0 Å². The van der Waals surface area contributed by atoms with Gasteiger partial charge in [0.05, 0.1) is 17.7 Å². The molecule has 1 fully saturated rings. The van der Waals surface area contributed by atoms with E-state index >= 15 is 0 Å². The third-order valence-corrected chi connectivity index (χ3v) is 2.91. The van der Waals surface area contributed by atoms with Crippen molar-refractivity contribution in [1.29, 1.82) is 0 Å². The predicted octanol–water partition coefficient (Wildman–Crippen LogP) is 1.15. The molecule has 0 aliphatic carbocycles. The molecule has 0 bridgehead atoms. The lowest BCUT2D eigenvalue weighted by molar-refractivity contribution is -0.386. The molecule has 7 heteroatoms. The highest BCUT2D eigenvalue weighted by Crippen LogP contribution is 2.35. The molecule has 1 saturated heterocycles. The molecule has 0 atom stereocenters. The predicted molar refractivity (Wildman–Crippen MR) is 64.7 cm³/mol. The number of halogens is 1. The Morgan fingerprint density at radius 2 is 2.11 bits per heavy atom. The minimum atomic E-state index is -0.673. The normalized spacial score (nSPS) is 15.6. The van der Waals surface area contributed by atoms with Gasteiger partial charge in [0.15, 0.2) is 5.82 Å². The summed E-state index contributed by atoms with van der Waals surface area (Å²) in [5.74, 6) is -0.982. The fourth-order valence-corrected chi connectivity index (χ4v) is 2.02. The average Bonchev–Trinajstić information content (AvgIpc) is 2.39. The van der Waals surface area contributed by atoms with Crippen molar-refractivity contribution in [3.63, 3.8) is 0 Å². The van der Waals surface area contributed by atoms with Gasteiger partial charge in [0.2, 0.25) is 5.75 Å². The minimum Gasteiger partial charge on any atom is -0.488 e. The molecule has 1 heterocycles. The monoisotopic (exact) mass is 255 g/mol. The van der Waals surface area contributed by atoms with Gasteiger partial charge in [-0.15, -0.1) is 0 Å². The summed E-state index contributed by atoms with van der Waals surface area (Å²) in [5.41, 5.74) is -0.00663. The number of methoxy groups -OCH3 is 1. The summed E-state index contributed by atoms with van der Waals surface area (Å²) in [6.45, 7) is 2.85. The van der Waals surface area contributed by atoms with Crippen molar-refractivity contribution in [2.45, 2.75) is 0 Å². The molecule has 6 nitrogen and oxygen atoms in total. The van der Waals surface area contributed by atoms with Crippen LogP contribution in [0, 0.1) is 15.9 Å². The lowest BCUT2D eigenvalue weighted by Gasteiger charge is -2.29. The maximum absolute atomic E-state index is 14.2. The van der Waals surface area contributed by atoms with Crippen LogP contribution in [-0.2, 0) is 0 Å². The molecule has 0 radical (unpaired) electrons. The fourth-order valence-electron chi connectivity index (χ4n) is 2.02. The number of rotatable bonds is 3. The third kappa shape index (κ3) is 2.21. The Kier molecular flexibility index (Phi) is 3.61. The van der Waals surface area contributed by atoms with Gasteiger partial charge in [-0.3, -0.25) is 10.1 Å². The van der Waals surface area contributed by atoms with Crippen molar-refractivity contribution in [1.82, 2.24) is 5.32 Å². The molecule has 0 saturated carbocycles. The molecule has 1 aliphatic heterocycles. The number of hydrogen-bond donors (Lipinski definition) is 1. The van der Waals surface area contributed by atoms with Crippen molar-refractivity contribution in [2.24, 2.45) is 0 Å². The Balaban J connectivity index is 2.40. The first-order chi connectivity index (χ1) is 8.65. The number of nitrogens with zero attached hydrogens (tertiary/aromatic N) is 2. The summed E-state index contributed by atoms with van der Waals surface area (Å²) in [6, 6.07) is 2.71. The van der Waals surface area contributed by atoms with Gasteiger partial charge in [-0.05, 0) is 6.07 Å². The van der Waals surface area contributed by atoms with Crippen LogP contribution < -0.4 is 15.0 Å². The van der Waals surface area contributed by atoms with E-state index in [1.54, 1.807) is 0 Å². The number of nitro benzene ring substituents is 1. The standard InChI is InChI=1S/C11H14FN3O3/c1-18-11-9(15(16)17)3-2-8(10(11)12)14-6-4-13-5-7-14/h2-3,13H,4-7H2,1H3. The first kappa shape index (κ1) is 12.6. The lowest BCUT2D eigenvalue weighted by Crippen LogP contribution is -2.43. The number of piperazine rings is 1. The van der Waals surface area contributed by atoms with Crippen LogP contribution in [0.2, 0.25) is 0 Å². The largest absolute Gasteiger partial charge is 0.488 e. The fraction of sp³-hybridized carbons (Fsp3) is 0.455. The first-order valence-electron chi connectivity index (χ1n) is 5.61. The second-order valence-electron chi connectivity index (χ2n) is 3.95. The minimum absolute atomic E-state index is 0.309. The van der Waals surface area contributed by atoms with E-state index in [-0.39, 0.29) is 11.4 Å². The smallest absolute Gasteiger partial charge is 0.314 e. The maximum atomic E-state index is 14.2. The first-order valence-corrected chi connectivity index (χ1v) is 5.61.